The number of ether oxygens (including phenoxy) is 1. The van der Waals surface area contributed by atoms with E-state index in [1.54, 1.807) is 23.1 Å². The SMILES string of the molecule is Cn1cc(-c2ccc(=O)n(CCOc3ccnc4cc(NC5CCNCC5)ccc34)n2)cn1. The number of anilines is 1. The lowest BCUT2D eigenvalue weighted by Crippen LogP contribution is -2.35. The van der Waals surface area contributed by atoms with E-state index in [4.69, 9.17) is 4.74 Å². The van der Waals surface area contributed by atoms with Crippen LogP contribution in [0.1, 0.15) is 12.8 Å². The zero-order valence-corrected chi connectivity index (χ0v) is 18.6. The molecule has 1 aromatic carbocycles. The molecule has 0 radical (unpaired) electrons. The Labute approximate surface area is 191 Å². The molecular formula is C24H27N7O2. The number of piperidine rings is 1. The number of aromatic nitrogens is 5. The molecule has 0 unspecified atom stereocenters. The molecule has 170 valence electrons. The van der Waals surface area contributed by atoms with Crippen molar-refractivity contribution >= 4 is 16.6 Å². The van der Waals surface area contributed by atoms with Crippen molar-refractivity contribution in [1.29, 1.82) is 0 Å². The van der Waals surface area contributed by atoms with Crippen LogP contribution in [0.3, 0.4) is 0 Å². The monoisotopic (exact) mass is 445 g/mol. The number of benzene rings is 1. The van der Waals surface area contributed by atoms with E-state index in [1.165, 1.54) is 10.7 Å². The number of hydrogen-bond donors (Lipinski definition) is 2. The zero-order valence-electron chi connectivity index (χ0n) is 18.6. The van der Waals surface area contributed by atoms with E-state index in [1.807, 2.05) is 25.4 Å². The Balaban J connectivity index is 1.27. The smallest absolute Gasteiger partial charge is 0.266 e. The van der Waals surface area contributed by atoms with Crippen molar-refractivity contribution in [2.24, 2.45) is 7.05 Å². The van der Waals surface area contributed by atoms with Crippen molar-refractivity contribution in [2.45, 2.75) is 25.4 Å². The minimum atomic E-state index is -0.167. The van der Waals surface area contributed by atoms with Gasteiger partial charge in [-0.1, -0.05) is 0 Å². The standard InChI is InChI=1S/C24H27N7O2/c1-30-16-17(15-27-30)21-4-5-24(32)31(29-21)12-13-33-23-8-11-26-22-14-19(2-3-20(22)23)28-18-6-9-25-10-7-18/h2-5,8,11,14-16,18,25,28H,6-7,9-10,12-13H2,1H3. The predicted molar refractivity (Wildman–Crippen MR) is 127 cm³/mol. The summed E-state index contributed by atoms with van der Waals surface area (Å²) in [6.07, 6.45) is 7.57. The van der Waals surface area contributed by atoms with Gasteiger partial charge in [-0.25, -0.2) is 4.68 Å². The third kappa shape index (κ3) is 4.88. The molecule has 0 saturated carbocycles. The van der Waals surface area contributed by atoms with Gasteiger partial charge < -0.3 is 15.4 Å². The fourth-order valence-corrected chi connectivity index (χ4v) is 4.10. The minimum Gasteiger partial charge on any atom is -0.491 e. The first-order chi connectivity index (χ1) is 16.2. The van der Waals surface area contributed by atoms with Gasteiger partial charge in [0.2, 0.25) is 0 Å². The molecule has 33 heavy (non-hydrogen) atoms. The fraction of sp³-hybridized carbons (Fsp3) is 0.333. The Kier molecular flexibility index (Phi) is 6.03. The lowest BCUT2D eigenvalue weighted by atomic mass is 10.1. The van der Waals surface area contributed by atoms with Crippen molar-refractivity contribution < 1.29 is 4.74 Å². The molecule has 0 aliphatic carbocycles. The molecule has 1 fully saturated rings. The molecule has 3 aromatic heterocycles. The van der Waals surface area contributed by atoms with Gasteiger partial charge in [-0.3, -0.25) is 14.5 Å². The average Bonchev–Trinajstić information content (AvgIpc) is 3.27. The van der Waals surface area contributed by atoms with Gasteiger partial charge in [0.15, 0.2) is 0 Å². The highest BCUT2D eigenvalue weighted by atomic mass is 16.5. The van der Waals surface area contributed by atoms with Gasteiger partial charge >= 0.3 is 0 Å². The lowest BCUT2D eigenvalue weighted by molar-refractivity contribution is 0.291. The zero-order chi connectivity index (χ0) is 22.6. The summed E-state index contributed by atoms with van der Waals surface area (Å²) in [4.78, 5) is 16.8. The summed E-state index contributed by atoms with van der Waals surface area (Å²) in [7, 11) is 1.85. The molecule has 0 atom stereocenters. The van der Waals surface area contributed by atoms with Crippen LogP contribution < -0.4 is 20.9 Å². The fourth-order valence-electron chi connectivity index (χ4n) is 4.10. The number of aryl methyl sites for hydroxylation is 1. The number of fused-ring (bicyclic) bond motifs is 1. The molecule has 1 aliphatic heterocycles. The van der Waals surface area contributed by atoms with E-state index < -0.39 is 0 Å². The molecule has 5 rings (SSSR count). The first-order valence-electron chi connectivity index (χ1n) is 11.2. The highest BCUT2D eigenvalue weighted by molar-refractivity contribution is 5.87. The quantitative estimate of drug-likeness (QED) is 0.451. The van der Waals surface area contributed by atoms with E-state index in [0.717, 1.165) is 53.8 Å². The number of hydrogen-bond acceptors (Lipinski definition) is 7. The van der Waals surface area contributed by atoms with Crippen molar-refractivity contribution in [2.75, 3.05) is 25.0 Å². The van der Waals surface area contributed by atoms with Crippen molar-refractivity contribution in [3.8, 4) is 17.0 Å². The molecule has 4 aromatic rings. The van der Waals surface area contributed by atoms with Gasteiger partial charge in [0.05, 0.1) is 24.0 Å². The molecule has 0 bridgehead atoms. The first kappa shape index (κ1) is 21.1. The lowest BCUT2D eigenvalue weighted by Gasteiger charge is -2.24. The predicted octanol–water partition coefficient (Wildman–Crippen LogP) is 2.43. The van der Waals surface area contributed by atoms with Crippen LogP contribution in [-0.4, -0.2) is 50.3 Å². The van der Waals surface area contributed by atoms with Crippen LogP contribution in [0.25, 0.3) is 22.2 Å². The highest BCUT2D eigenvalue weighted by Gasteiger charge is 2.13. The Bertz CT molecular complexity index is 1310. The molecule has 9 heteroatoms. The highest BCUT2D eigenvalue weighted by Crippen LogP contribution is 2.27. The Morgan fingerprint density at radius 2 is 2.06 bits per heavy atom. The van der Waals surface area contributed by atoms with Gasteiger partial charge in [-0.2, -0.15) is 10.2 Å². The van der Waals surface area contributed by atoms with Crippen molar-refractivity contribution in [3.05, 3.63) is 65.3 Å². The summed E-state index contributed by atoms with van der Waals surface area (Å²) in [5.74, 6) is 0.741. The van der Waals surface area contributed by atoms with E-state index in [0.29, 0.717) is 24.9 Å². The second-order valence-corrected chi connectivity index (χ2v) is 8.24. The molecule has 4 heterocycles. The van der Waals surface area contributed by atoms with Crippen molar-refractivity contribution in [3.63, 3.8) is 0 Å². The van der Waals surface area contributed by atoms with E-state index in [2.05, 4.69) is 37.9 Å². The van der Waals surface area contributed by atoms with Gasteiger partial charge in [0, 0.05) is 48.2 Å². The third-order valence-corrected chi connectivity index (χ3v) is 5.84. The number of nitrogens with one attached hydrogen (secondary N) is 2. The maximum absolute atomic E-state index is 12.3. The van der Waals surface area contributed by atoms with E-state index >= 15 is 0 Å². The number of nitrogens with zero attached hydrogens (tertiary/aromatic N) is 5. The topological polar surface area (TPSA) is 98.9 Å². The Morgan fingerprint density at radius 3 is 2.88 bits per heavy atom. The summed E-state index contributed by atoms with van der Waals surface area (Å²) >= 11 is 0. The minimum absolute atomic E-state index is 0.167. The summed E-state index contributed by atoms with van der Waals surface area (Å²) in [5, 5.41) is 16.6. The first-order valence-corrected chi connectivity index (χ1v) is 11.2. The molecule has 1 saturated heterocycles. The third-order valence-electron chi connectivity index (χ3n) is 5.84. The Hall–Kier alpha value is -3.72. The van der Waals surface area contributed by atoms with Crippen LogP contribution in [0.5, 0.6) is 5.75 Å². The summed E-state index contributed by atoms with van der Waals surface area (Å²) in [5.41, 5.74) is 3.34. The van der Waals surface area contributed by atoms with Gasteiger partial charge in [-0.05, 0) is 56.3 Å². The average molecular weight is 446 g/mol. The normalized spacial score (nSPS) is 14.5. The van der Waals surface area contributed by atoms with Crippen LogP contribution in [0.15, 0.2) is 59.8 Å². The summed E-state index contributed by atoms with van der Waals surface area (Å²) in [6, 6.07) is 11.7. The van der Waals surface area contributed by atoms with Crippen LogP contribution in [0.4, 0.5) is 5.69 Å². The van der Waals surface area contributed by atoms with E-state index in [-0.39, 0.29) is 5.56 Å². The van der Waals surface area contributed by atoms with Crippen molar-refractivity contribution in [1.82, 2.24) is 29.9 Å². The second kappa shape index (κ2) is 9.41. The summed E-state index contributed by atoms with van der Waals surface area (Å²) in [6.45, 7) is 2.75. The summed E-state index contributed by atoms with van der Waals surface area (Å²) < 4.78 is 9.16. The number of pyridine rings is 1. The maximum Gasteiger partial charge on any atom is 0.266 e. The van der Waals surface area contributed by atoms with Gasteiger partial charge in [0.25, 0.3) is 5.56 Å². The van der Waals surface area contributed by atoms with Crippen LogP contribution in [0.2, 0.25) is 0 Å². The molecule has 2 N–H and O–H groups in total. The van der Waals surface area contributed by atoms with Gasteiger partial charge in [-0.15, -0.1) is 0 Å². The molecule has 9 nitrogen and oxygen atoms in total. The Morgan fingerprint density at radius 1 is 1.18 bits per heavy atom. The largest absolute Gasteiger partial charge is 0.491 e. The molecule has 1 aliphatic rings. The van der Waals surface area contributed by atoms with Crippen LogP contribution in [0, 0.1) is 0 Å². The van der Waals surface area contributed by atoms with Crippen LogP contribution in [-0.2, 0) is 13.6 Å². The molecular weight excluding hydrogens is 418 g/mol. The van der Waals surface area contributed by atoms with E-state index in [9.17, 15) is 4.79 Å². The van der Waals surface area contributed by atoms with Gasteiger partial charge in [0.1, 0.15) is 12.4 Å². The number of rotatable bonds is 7. The molecule has 0 amide bonds. The second-order valence-electron chi connectivity index (χ2n) is 8.24. The maximum atomic E-state index is 12.3. The van der Waals surface area contributed by atoms with Crippen LogP contribution >= 0.6 is 0 Å². The molecule has 0 spiro atoms.